The van der Waals surface area contributed by atoms with Gasteiger partial charge in [0.25, 0.3) is 5.91 Å². The number of pyridine rings is 1. The highest BCUT2D eigenvalue weighted by Crippen LogP contribution is 2.32. The second kappa shape index (κ2) is 9.55. The number of piperazine rings is 1. The Balaban J connectivity index is 1.83. The number of carbonyl (C=O) groups excluding carboxylic acids is 1. The zero-order valence-electron chi connectivity index (χ0n) is 18.5. The molecule has 0 radical (unpaired) electrons. The average molecular weight is 525 g/mol. The van der Waals surface area contributed by atoms with Gasteiger partial charge in [-0.3, -0.25) is 9.78 Å². The molecule has 1 aromatic carbocycles. The van der Waals surface area contributed by atoms with Crippen molar-refractivity contribution < 1.29 is 44.3 Å². The molecular weight excluding hydrogens is 504 g/mol. The van der Waals surface area contributed by atoms with Crippen LogP contribution in [0.15, 0.2) is 41.4 Å². The van der Waals surface area contributed by atoms with E-state index >= 15 is 0 Å². The number of sulfone groups is 1. The Bertz CT molecular complexity index is 1190. The molecule has 2 heterocycles. The van der Waals surface area contributed by atoms with E-state index in [0.717, 1.165) is 43.6 Å². The van der Waals surface area contributed by atoms with E-state index in [4.69, 9.17) is 4.74 Å². The molecule has 14 heteroatoms. The largest absolute Gasteiger partial charge is 0.480 e. The molecule has 35 heavy (non-hydrogen) atoms. The molecule has 3 rings (SSSR count). The second-order valence-corrected chi connectivity index (χ2v) is 9.92. The van der Waals surface area contributed by atoms with Gasteiger partial charge in [0.15, 0.2) is 15.9 Å². The summed E-state index contributed by atoms with van der Waals surface area (Å²) in [5, 5.41) is 0. The number of ether oxygens (including phenoxy) is 1. The Kier molecular flexibility index (Phi) is 7.25. The molecule has 1 unspecified atom stereocenters. The summed E-state index contributed by atoms with van der Waals surface area (Å²) in [5.74, 6) is -1.19. The quantitative estimate of drug-likeness (QED) is 0.553. The van der Waals surface area contributed by atoms with Gasteiger partial charge in [0.2, 0.25) is 0 Å². The number of hydrogen-bond donors (Lipinski definition) is 0. The lowest BCUT2D eigenvalue weighted by Gasteiger charge is -2.36. The predicted octanol–water partition coefficient (Wildman–Crippen LogP) is 3.80. The summed E-state index contributed by atoms with van der Waals surface area (Å²) in [6.07, 6.45) is -9.69. The van der Waals surface area contributed by atoms with Gasteiger partial charge >= 0.3 is 12.4 Å². The van der Waals surface area contributed by atoms with E-state index in [1.54, 1.807) is 4.90 Å². The molecular formula is C21H21F6N3O4S. The van der Waals surface area contributed by atoms with Crippen LogP contribution in [0.5, 0.6) is 5.75 Å². The molecule has 7 nitrogen and oxygen atoms in total. The second-order valence-electron chi connectivity index (χ2n) is 7.91. The summed E-state index contributed by atoms with van der Waals surface area (Å²) < 4.78 is 107. The van der Waals surface area contributed by atoms with E-state index in [0.29, 0.717) is 0 Å². The summed E-state index contributed by atoms with van der Waals surface area (Å²) in [6, 6.07) is 5.28. The standard InChI is InChI=1S/C21H21F6N3O4S/c1-13(20(22,23)24)34-17-4-3-15(35(2,32)33)12-16(17)19(31)30-9-7-29(8-10-30)14-5-6-28-18(11-14)21(25,26)27/h3-6,11-13H,7-10H2,1-2H3. The molecule has 1 fully saturated rings. The van der Waals surface area contributed by atoms with Gasteiger partial charge in [0.05, 0.1) is 10.5 Å². The summed E-state index contributed by atoms with van der Waals surface area (Å²) >= 11 is 0. The maximum Gasteiger partial charge on any atom is 0.433 e. The lowest BCUT2D eigenvalue weighted by atomic mass is 10.1. The molecule has 192 valence electrons. The number of hydrogen-bond acceptors (Lipinski definition) is 6. The monoisotopic (exact) mass is 525 g/mol. The fourth-order valence-corrected chi connectivity index (χ4v) is 4.02. The van der Waals surface area contributed by atoms with Crippen LogP contribution in [-0.4, -0.2) is 68.9 Å². The third-order valence-corrected chi connectivity index (χ3v) is 6.45. The van der Waals surface area contributed by atoms with E-state index in [1.165, 1.54) is 11.0 Å². The van der Waals surface area contributed by atoms with Crippen LogP contribution in [0.3, 0.4) is 0 Å². The predicted molar refractivity (Wildman–Crippen MR) is 113 cm³/mol. The number of rotatable bonds is 5. The van der Waals surface area contributed by atoms with Crippen LogP contribution in [0.2, 0.25) is 0 Å². The summed E-state index contributed by atoms with van der Waals surface area (Å²) in [7, 11) is -3.78. The maximum atomic E-state index is 13.2. The maximum absolute atomic E-state index is 13.2. The van der Waals surface area contributed by atoms with Crippen LogP contribution in [0.4, 0.5) is 32.0 Å². The molecule has 1 aromatic heterocycles. The minimum absolute atomic E-state index is 0.0277. The molecule has 0 saturated carbocycles. The molecule has 1 atom stereocenters. The third-order valence-electron chi connectivity index (χ3n) is 5.34. The molecule has 0 aliphatic carbocycles. The highest BCUT2D eigenvalue weighted by Gasteiger charge is 2.39. The Labute approximate surface area is 197 Å². The minimum atomic E-state index is -4.72. The zero-order chi connectivity index (χ0) is 26.2. The van der Waals surface area contributed by atoms with E-state index in [9.17, 15) is 39.6 Å². The summed E-state index contributed by atoms with van der Waals surface area (Å²) in [6.45, 7) is 1.07. The number of alkyl halides is 6. The smallest absolute Gasteiger partial charge is 0.433 e. The first-order valence-corrected chi connectivity index (χ1v) is 12.1. The van der Waals surface area contributed by atoms with Gasteiger partial charge in [-0.2, -0.15) is 26.3 Å². The Morgan fingerprint density at radius 2 is 1.66 bits per heavy atom. The third kappa shape index (κ3) is 6.35. The van der Waals surface area contributed by atoms with Crippen molar-refractivity contribution in [2.75, 3.05) is 37.3 Å². The molecule has 0 bridgehead atoms. The van der Waals surface area contributed by atoms with E-state index in [1.807, 2.05) is 0 Å². The zero-order valence-corrected chi connectivity index (χ0v) is 19.3. The van der Waals surface area contributed by atoms with Crippen LogP contribution in [-0.2, 0) is 16.0 Å². The number of halogens is 6. The van der Waals surface area contributed by atoms with Crippen molar-refractivity contribution in [3.63, 3.8) is 0 Å². The number of aromatic nitrogens is 1. The average Bonchev–Trinajstić information content (AvgIpc) is 2.77. The van der Waals surface area contributed by atoms with Gasteiger partial charge in [-0.05, 0) is 37.3 Å². The van der Waals surface area contributed by atoms with Gasteiger partial charge in [-0.15, -0.1) is 0 Å². The lowest BCUT2D eigenvalue weighted by Crippen LogP contribution is -2.49. The van der Waals surface area contributed by atoms with E-state index < -0.39 is 45.6 Å². The minimum Gasteiger partial charge on any atom is -0.480 e. The first-order chi connectivity index (χ1) is 16.1. The van der Waals surface area contributed by atoms with Crippen LogP contribution in [0.25, 0.3) is 0 Å². The van der Waals surface area contributed by atoms with Crippen molar-refractivity contribution in [2.45, 2.75) is 30.3 Å². The first-order valence-electron chi connectivity index (χ1n) is 10.2. The van der Waals surface area contributed by atoms with Crippen molar-refractivity contribution in [1.82, 2.24) is 9.88 Å². The van der Waals surface area contributed by atoms with Gasteiger partial charge < -0.3 is 14.5 Å². The molecule has 1 aliphatic heterocycles. The van der Waals surface area contributed by atoms with E-state index in [2.05, 4.69) is 4.98 Å². The Morgan fingerprint density at radius 3 is 2.20 bits per heavy atom. The van der Waals surface area contributed by atoms with Crippen LogP contribution in [0.1, 0.15) is 23.0 Å². The number of anilines is 1. The van der Waals surface area contributed by atoms with Crippen molar-refractivity contribution in [2.24, 2.45) is 0 Å². The van der Waals surface area contributed by atoms with Crippen LogP contribution < -0.4 is 9.64 Å². The van der Waals surface area contributed by atoms with E-state index in [-0.39, 0.29) is 42.3 Å². The summed E-state index contributed by atoms with van der Waals surface area (Å²) in [5.41, 5.74) is -1.17. The van der Waals surface area contributed by atoms with Gasteiger partial charge in [0, 0.05) is 44.3 Å². The normalized spacial score (nSPS) is 16.2. The number of benzene rings is 1. The van der Waals surface area contributed by atoms with Crippen molar-refractivity contribution in [3.05, 3.63) is 47.8 Å². The topological polar surface area (TPSA) is 79.8 Å². The number of carbonyl (C=O) groups is 1. The number of amides is 1. The van der Waals surface area contributed by atoms with Gasteiger partial charge in [0.1, 0.15) is 11.4 Å². The fourth-order valence-electron chi connectivity index (χ4n) is 3.38. The molecule has 2 aromatic rings. The molecule has 1 saturated heterocycles. The first kappa shape index (κ1) is 26.6. The molecule has 1 amide bonds. The molecule has 1 aliphatic rings. The number of nitrogens with zero attached hydrogens (tertiary/aromatic N) is 3. The van der Waals surface area contributed by atoms with Gasteiger partial charge in [-0.25, -0.2) is 8.42 Å². The van der Waals surface area contributed by atoms with Crippen LogP contribution >= 0.6 is 0 Å². The van der Waals surface area contributed by atoms with Crippen LogP contribution in [0, 0.1) is 0 Å². The SMILES string of the molecule is CC(Oc1ccc(S(C)(=O)=O)cc1C(=O)N1CCN(c2ccnc(C(F)(F)F)c2)CC1)C(F)(F)F. The van der Waals surface area contributed by atoms with Gasteiger partial charge in [-0.1, -0.05) is 0 Å². The lowest BCUT2D eigenvalue weighted by molar-refractivity contribution is -0.189. The Morgan fingerprint density at radius 1 is 1.03 bits per heavy atom. The van der Waals surface area contributed by atoms with Crippen molar-refractivity contribution in [3.8, 4) is 5.75 Å². The highest BCUT2D eigenvalue weighted by molar-refractivity contribution is 7.90. The highest BCUT2D eigenvalue weighted by atomic mass is 32.2. The summed E-state index contributed by atoms with van der Waals surface area (Å²) in [4.78, 5) is 19.1. The Hall–Kier alpha value is -3.03. The fraction of sp³-hybridized carbons (Fsp3) is 0.429. The molecule has 0 N–H and O–H groups in total. The van der Waals surface area contributed by atoms with Crippen molar-refractivity contribution in [1.29, 1.82) is 0 Å². The van der Waals surface area contributed by atoms with Crippen molar-refractivity contribution >= 4 is 21.4 Å². The molecule has 0 spiro atoms.